The Labute approximate surface area is 169 Å². The summed E-state index contributed by atoms with van der Waals surface area (Å²) in [6, 6.07) is 9.29. The molecule has 0 heterocycles. The van der Waals surface area contributed by atoms with Gasteiger partial charge in [-0.05, 0) is 42.2 Å². The maximum Gasteiger partial charge on any atom is 0.326 e. The molecule has 2 rings (SSSR count). The van der Waals surface area contributed by atoms with Crippen molar-refractivity contribution < 1.29 is 23.9 Å². The highest BCUT2D eigenvalue weighted by atomic mass is 19.1. The van der Waals surface area contributed by atoms with Crippen LogP contribution in [0.5, 0.6) is 0 Å². The van der Waals surface area contributed by atoms with Crippen LogP contribution < -0.4 is 10.6 Å². The molecule has 0 aromatic heterocycles. The van der Waals surface area contributed by atoms with E-state index in [1.54, 1.807) is 6.07 Å². The fourth-order valence-corrected chi connectivity index (χ4v) is 3.19. The molecule has 2 amide bonds. The third-order valence-electron chi connectivity index (χ3n) is 4.74. The third-order valence-corrected chi connectivity index (χ3v) is 4.74. The third kappa shape index (κ3) is 6.14. The molecule has 154 valence electrons. The molecule has 0 aliphatic rings. The van der Waals surface area contributed by atoms with Gasteiger partial charge in [-0.25, -0.2) is 9.18 Å². The van der Waals surface area contributed by atoms with Gasteiger partial charge in [-0.15, -0.1) is 0 Å². The second-order valence-corrected chi connectivity index (χ2v) is 7.02. The zero-order valence-electron chi connectivity index (χ0n) is 16.7. The largest absolute Gasteiger partial charge is 0.480 e. The van der Waals surface area contributed by atoms with E-state index in [2.05, 4.69) is 10.6 Å². The maximum absolute atomic E-state index is 14.0. The normalized spacial score (nSPS) is 12.7. The molecule has 0 unspecified atom stereocenters. The predicted molar refractivity (Wildman–Crippen MR) is 107 cm³/mol. The molecule has 29 heavy (non-hydrogen) atoms. The van der Waals surface area contributed by atoms with Gasteiger partial charge in [-0.3, -0.25) is 9.59 Å². The average molecular weight is 400 g/mol. The lowest BCUT2D eigenvalue weighted by atomic mass is 9.96. The number of aliphatic carboxylic acids is 1. The Morgan fingerprint density at radius 2 is 1.55 bits per heavy atom. The summed E-state index contributed by atoms with van der Waals surface area (Å²) in [5.41, 5.74) is 2.94. The molecule has 2 aromatic carbocycles. The van der Waals surface area contributed by atoms with Crippen molar-refractivity contribution in [2.24, 2.45) is 0 Å². The highest BCUT2D eigenvalue weighted by molar-refractivity contribution is 5.90. The zero-order chi connectivity index (χ0) is 21.6. The van der Waals surface area contributed by atoms with Crippen molar-refractivity contribution in [1.82, 2.24) is 10.6 Å². The Kier molecular flexibility index (Phi) is 7.47. The van der Waals surface area contributed by atoms with Crippen molar-refractivity contribution in [3.8, 4) is 0 Å². The molecule has 0 aliphatic carbocycles. The Hall–Kier alpha value is -3.22. The Balaban J connectivity index is 2.21. The second kappa shape index (κ2) is 9.82. The van der Waals surface area contributed by atoms with Gasteiger partial charge in [0.2, 0.25) is 11.8 Å². The lowest BCUT2D eigenvalue weighted by Gasteiger charge is -2.22. The number of aryl methyl sites for hydroxylation is 2. The Morgan fingerprint density at radius 1 is 0.931 bits per heavy atom. The van der Waals surface area contributed by atoms with Crippen LogP contribution >= 0.6 is 0 Å². The number of hydrogen-bond donors (Lipinski definition) is 3. The summed E-state index contributed by atoms with van der Waals surface area (Å²) >= 11 is 0. The number of carboxylic acids is 1. The summed E-state index contributed by atoms with van der Waals surface area (Å²) in [5.74, 6) is -2.83. The number of carbonyl (C=O) groups is 3. The second-order valence-electron chi connectivity index (χ2n) is 7.02. The molecule has 0 bridgehead atoms. The molecule has 7 heteroatoms. The van der Waals surface area contributed by atoms with Crippen molar-refractivity contribution in [3.63, 3.8) is 0 Å². The van der Waals surface area contributed by atoms with E-state index >= 15 is 0 Å². The van der Waals surface area contributed by atoms with Gasteiger partial charge in [0.05, 0.1) is 0 Å². The lowest BCUT2D eigenvalue weighted by Crippen LogP contribution is -2.52. The first-order valence-electron chi connectivity index (χ1n) is 9.27. The minimum atomic E-state index is -1.19. The monoisotopic (exact) mass is 400 g/mol. The molecular weight excluding hydrogens is 375 g/mol. The van der Waals surface area contributed by atoms with Crippen LogP contribution in [0.15, 0.2) is 42.5 Å². The van der Waals surface area contributed by atoms with Gasteiger partial charge >= 0.3 is 5.97 Å². The minimum absolute atomic E-state index is 0.0895. The van der Waals surface area contributed by atoms with E-state index in [-0.39, 0.29) is 18.4 Å². The van der Waals surface area contributed by atoms with Crippen molar-refractivity contribution in [2.45, 2.75) is 45.7 Å². The summed E-state index contributed by atoms with van der Waals surface area (Å²) in [4.78, 5) is 36.0. The van der Waals surface area contributed by atoms with Crippen LogP contribution in [0, 0.1) is 19.7 Å². The summed E-state index contributed by atoms with van der Waals surface area (Å²) in [7, 11) is 0. The van der Waals surface area contributed by atoms with Crippen LogP contribution in [0.1, 0.15) is 29.2 Å². The average Bonchev–Trinajstić information content (AvgIpc) is 2.64. The van der Waals surface area contributed by atoms with E-state index in [9.17, 15) is 23.9 Å². The van der Waals surface area contributed by atoms with Crippen LogP contribution in [-0.2, 0) is 27.2 Å². The first kappa shape index (κ1) is 22.1. The highest BCUT2D eigenvalue weighted by Crippen LogP contribution is 2.16. The Bertz CT molecular complexity index is 893. The number of rotatable bonds is 8. The lowest BCUT2D eigenvalue weighted by molar-refractivity contribution is -0.142. The van der Waals surface area contributed by atoms with Gasteiger partial charge < -0.3 is 15.7 Å². The van der Waals surface area contributed by atoms with Crippen LogP contribution in [0.4, 0.5) is 4.39 Å². The molecule has 3 N–H and O–H groups in total. The van der Waals surface area contributed by atoms with E-state index < -0.39 is 35.7 Å². The highest BCUT2D eigenvalue weighted by Gasteiger charge is 2.27. The molecule has 0 fully saturated rings. The van der Waals surface area contributed by atoms with Gasteiger partial charge in [0.1, 0.15) is 17.9 Å². The van der Waals surface area contributed by atoms with Crippen molar-refractivity contribution >= 4 is 17.8 Å². The molecule has 0 spiro atoms. The zero-order valence-corrected chi connectivity index (χ0v) is 16.7. The van der Waals surface area contributed by atoms with Crippen LogP contribution in [0.2, 0.25) is 0 Å². The molecule has 0 saturated carbocycles. The Morgan fingerprint density at radius 3 is 2.10 bits per heavy atom. The standard InChI is InChI=1S/C22H25FN2O4/c1-13-7-6-8-14(2)17(13)12-20(22(28)29)25-21(27)19(24-15(3)26)11-16-9-4-5-10-18(16)23/h4-10,19-20H,11-12H2,1-3H3,(H,24,26)(H,25,27)(H,28,29)/t19-,20-/m1/s1. The van der Waals surface area contributed by atoms with Crippen molar-refractivity contribution in [1.29, 1.82) is 0 Å². The van der Waals surface area contributed by atoms with Crippen molar-refractivity contribution in [2.75, 3.05) is 0 Å². The predicted octanol–water partition coefficient (Wildman–Crippen LogP) is 2.30. The first-order chi connectivity index (χ1) is 13.7. The molecule has 0 radical (unpaired) electrons. The van der Waals surface area contributed by atoms with E-state index in [4.69, 9.17) is 0 Å². The van der Waals surface area contributed by atoms with Gasteiger partial charge in [-0.1, -0.05) is 36.4 Å². The molecule has 0 aliphatic heterocycles. The molecule has 2 atom stereocenters. The first-order valence-corrected chi connectivity index (χ1v) is 9.27. The topological polar surface area (TPSA) is 95.5 Å². The number of nitrogens with one attached hydrogen (secondary N) is 2. The van der Waals surface area contributed by atoms with Crippen LogP contribution in [0.3, 0.4) is 0 Å². The quantitative estimate of drug-likeness (QED) is 0.634. The van der Waals surface area contributed by atoms with Gasteiger partial charge in [-0.2, -0.15) is 0 Å². The van der Waals surface area contributed by atoms with E-state index in [0.717, 1.165) is 16.7 Å². The summed E-state index contributed by atoms with van der Waals surface area (Å²) in [6.45, 7) is 5.00. The summed E-state index contributed by atoms with van der Waals surface area (Å²) in [5, 5.41) is 14.6. The van der Waals surface area contributed by atoms with E-state index in [1.165, 1.54) is 25.1 Å². The number of halogens is 1. The van der Waals surface area contributed by atoms with E-state index in [1.807, 2.05) is 32.0 Å². The summed E-state index contributed by atoms with van der Waals surface area (Å²) < 4.78 is 14.0. The smallest absolute Gasteiger partial charge is 0.326 e. The molecule has 2 aromatic rings. The number of benzene rings is 2. The SMILES string of the molecule is CC(=O)N[C@H](Cc1ccccc1F)C(=O)N[C@H](Cc1c(C)cccc1C)C(=O)O. The summed E-state index contributed by atoms with van der Waals surface area (Å²) in [6.07, 6.45) is 0.0138. The molecule has 6 nitrogen and oxygen atoms in total. The number of carbonyl (C=O) groups excluding carboxylic acids is 2. The van der Waals surface area contributed by atoms with Gasteiger partial charge in [0.15, 0.2) is 0 Å². The molecular formula is C22H25FN2O4. The fourth-order valence-electron chi connectivity index (χ4n) is 3.19. The fraction of sp³-hybridized carbons (Fsp3) is 0.318. The number of hydrogen-bond acceptors (Lipinski definition) is 3. The number of amides is 2. The van der Waals surface area contributed by atoms with Crippen LogP contribution in [-0.4, -0.2) is 35.0 Å². The van der Waals surface area contributed by atoms with Gasteiger partial charge in [0, 0.05) is 19.8 Å². The molecule has 0 saturated heterocycles. The van der Waals surface area contributed by atoms with Gasteiger partial charge in [0.25, 0.3) is 0 Å². The van der Waals surface area contributed by atoms with Crippen LogP contribution in [0.25, 0.3) is 0 Å². The van der Waals surface area contributed by atoms with E-state index in [0.29, 0.717) is 0 Å². The maximum atomic E-state index is 14.0. The van der Waals surface area contributed by atoms with Crippen molar-refractivity contribution in [3.05, 3.63) is 70.5 Å². The number of carboxylic acid groups (broad SMARTS) is 1. The minimum Gasteiger partial charge on any atom is -0.480 e.